The van der Waals surface area contributed by atoms with E-state index in [0.717, 1.165) is 32.4 Å². The first-order chi connectivity index (χ1) is 10.1. The van der Waals surface area contributed by atoms with Gasteiger partial charge in [0, 0.05) is 38.9 Å². The van der Waals surface area contributed by atoms with Gasteiger partial charge in [-0.05, 0) is 37.0 Å². The molecule has 2 rings (SSSR count). The van der Waals surface area contributed by atoms with Gasteiger partial charge in [-0.2, -0.15) is 0 Å². The number of nitrogens with zero attached hydrogens (tertiary/aromatic N) is 2. The predicted molar refractivity (Wildman–Crippen MR) is 87.7 cm³/mol. The van der Waals surface area contributed by atoms with E-state index in [1.807, 2.05) is 19.0 Å². The number of carbonyl (C=O) groups is 1. The van der Waals surface area contributed by atoms with Gasteiger partial charge in [0.15, 0.2) is 0 Å². The third-order valence-electron chi connectivity index (χ3n) is 4.01. The van der Waals surface area contributed by atoms with Crippen LogP contribution in [0.15, 0.2) is 24.3 Å². The van der Waals surface area contributed by atoms with Crippen molar-refractivity contribution in [1.29, 1.82) is 0 Å². The molecular weight excluding hydrogens is 262 g/mol. The molecule has 0 radical (unpaired) electrons. The number of likely N-dealkylation sites (tertiary alicyclic amines) is 1. The van der Waals surface area contributed by atoms with Gasteiger partial charge in [0.05, 0.1) is 0 Å². The zero-order valence-corrected chi connectivity index (χ0v) is 13.4. The maximum atomic E-state index is 11.9. The lowest BCUT2D eigenvalue weighted by Gasteiger charge is -2.34. The Bertz CT molecular complexity index is 448. The number of anilines is 1. The van der Waals surface area contributed by atoms with Crippen molar-refractivity contribution < 1.29 is 4.79 Å². The molecular formula is C17H27N3O. The molecule has 1 N–H and O–H groups in total. The van der Waals surface area contributed by atoms with Crippen molar-refractivity contribution in [2.45, 2.75) is 38.6 Å². The summed E-state index contributed by atoms with van der Waals surface area (Å²) in [5, 5.41) is 3.59. The van der Waals surface area contributed by atoms with E-state index in [1.54, 1.807) is 4.90 Å². The van der Waals surface area contributed by atoms with Gasteiger partial charge < -0.3 is 15.1 Å². The maximum Gasteiger partial charge on any atom is 0.319 e. The molecule has 1 aromatic rings. The number of aryl methyl sites for hydroxylation is 1. The van der Waals surface area contributed by atoms with Crippen LogP contribution < -0.4 is 5.32 Å². The van der Waals surface area contributed by atoms with Crippen molar-refractivity contribution in [2.75, 3.05) is 32.5 Å². The molecule has 0 aliphatic carbocycles. The lowest BCUT2D eigenvalue weighted by molar-refractivity contribution is 0.158. The van der Waals surface area contributed by atoms with E-state index in [4.69, 9.17) is 0 Å². The van der Waals surface area contributed by atoms with E-state index < -0.39 is 0 Å². The van der Waals surface area contributed by atoms with E-state index in [0.29, 0.717) is 6.04 Å². The van der Waals surface area contributed by atoms with Crippen LogP contribution in [-0.2, 0) is 6.42 Å². The fourth-order valence-electron chi connectivity index (χ4n) is 2.79. The zero-order valence-electron chi connectivity index (χ0n) is 13.4. The Kier molecular flexibility index (Phi) is 5.48. The number of rotatable bonds is 4. The number of nitrogens with one attached hydrogen (secondary N) is 1. The molecule has 4 heteroatoms. The highest BCUT2D eigenvalue weighted by atomic mass is 16.2. The molecule has 1 fully saturated rings. The summed E-state index contributed by atoms with van der Waals surface area (Å²) >= 11 is 0. The average molecular weight is 289 g/mol. The number of hydrogen-bond acceptors (Lipinski definition) is 2. The minimum Gasteiger partial charge on any atom is -0.382 e. The lowest BCUT2D eigenvalue weighted by Crippen LogP contribution is -2.46. The number of piperidine rings is 1. The molecule has 1 heterocycles. The fraction of sp³-hybridized carbons (Fsp3) is 0.588. The molecule has 2 amide bonds. The van der Waals surface area contributed by atoms with Gasteiger partial charge in [-0.15, -0.1) is 0 Å². The minimum atomic E-state index is 0.123. The van der Waals surface area contributed by atoms with E-state index in [2.05, 4.69) is 36.5 Å². The molecule has 0 spiro atoms. The fourth-order valence-corrected chi connectivity index (χ4v) is 2.79. The first-order valence-electron chi connectivity index (χ1n) is 7.92. The summed E-state index contributed by atoms with van der Waals surface area (Å²) < 4.78 is 0. The van der Waals surface area contributed by atoms with E-state index in [1.165, 1.54) is 17.7 Å². The second-order valence-electron chi connectivity index (χ2n) is 6.03. The van der Waals surface area contributed by atoms with Crippen LogP contribution in [0.4, 0.5) is 10.5 Å². The van der Waals surface area contributed by atoms with Gasteiger partial charge in [-0.1, -0.05) is 25.5 Å². The largest absolute Gasteiger partial charge is 0.382 e. The van der Waals surface area contributed by atoms with Crippen molar-refractivity contribution in [1.82, 2.24) is 9.80 Å². The summed E-state index contributed by atoms with van der Waals surface area (Å²) in [6.07, 6.45) is 4.35. The van der Waals surface area contributed by atoms with Crippen LogP contribution in [-0.4, -0.2) is 49.1 Å². The summed E-state index contributed by atoms with van der Waals surface area (Å²) in [7, 11) is 3.62. The van der Waals surface area contributed by atoms with E-state index in [-0.39, 0.29) is 6.03 Å². The van der Waals surface area contributed by atoms with Crippen LogP contribution in [0.3, 0.4) is 0 Å². The molecule has 116 valence electrons. The summed E-state index contributed by atoms with van der Waals surface area (Å²) in [6.45, 7) is 3.88. The first kappa shape index (κ1) is 15.7. The number of carbonyl (C=O) groups excluding carboxylic acids is 1. The van der Waals surface area contributed by atoms with Gasteiger partial charge >= 0.3 is 6.03 Å². The van der Waals surface area contributed by atoms with Crippen molar-refractivity contribution in [3.63, 3.8) is 0 Å². The van der Waals surface area contributed by atoms with Crippen LogP contribution in [0.1, 0.15) is 31.7 Å². The Morgan fingerprint density at radius 1 is 1.24 bits per heavy atom. The van der Waals surface area contributed by atoms with Crippen molar-refractivity contribution in [3.8, 4) is 0 Å². The molecule has 1 aliphatic rings. The summed E-state index contributed by atoms with van der Waals surface area (Å²) in [6, 6.07) is 9.34. The summed E-state index contributed by atoms with van der Waals surface area (Å²) in [5.74, 6) is 0. The lowest BCUT2D eigenvalue weighted by atomic mass is 10.0. The Morgan fingerprint density at radius 3 is 2.38 bits per heavy atom. The molecule has 0 saturated carbocycles. The summed E-state index contributed by atoms with van der Waals surface area (Å²) in [4.78, 5) is 15.5. The highest BCUT2D eigenvalue weighted by Crippen LogP contribution is 2.18. The van der Waals surface area contributed by atoms with E-state index >= 15 is 0 Å². The molecule has 1 aromatic carbocycles. The Labute approximate surface area is 128 Å². The minimum absolute atomic E-state index is 0.123. The van der Waals surface area contributed by atoms with Gasteiger partial charge in [-0.3, -0.25) is 0 Å². The Morgan fingerprint density at radius 2 is 1.86 bits per heavy atom. The van der Waals surface area contributed by atoms with Crippen molar-refractivity contribution >= 4 is 11.7 Å². The molecule has 0 atom stereocenters. The average Bonchev–Trinajstić information content (AvgIpc) is 2.49. The number of amides is 2. The SMILES string of the molecule is CCCc1ccc(NC2CCN(C(=O)N(C)C)CC2)cc1. The number of hydrogen-bond donors (Lipinski definition) is 1. The second kappa shape index (κ2) is 7.34. The first-order valence-corrected chi connectivity index (χ1v) is 7.92. The summed E-state index contributed by atoms with van der Waals surface area (Å²) in [5.41, 5.74) is 2.58. The third kappa shape index (κ3) is 4.38. The van der Waals surface area contributed by atoms with Gasteiger partial charge in [0.2, 0.25) is 0 Å². The second-order valence-corrected chi connectivity index (χ2v) is 6.03. The Hall–Kier alpha value is -1.71. The van der Waals surface area contributed by atoms with Crippen LogP contribution in [0, 0.1) is 0 Å². The van der Waals surface area contributed by atoms with Crippen LogP contribution in [0.25, 0.3) is 0 Å². The number of urea groups is 1. The smallest absolute Gasteiger partial charge is 0.319 e. The predicted octanol–water partition coefficient (Wildman–Crippen LogP) is 3.20. The molecule has 1 aliphatic heterocycles. The molecule has 21 heavy (non-hydrogen) atoms. The Balaban J connectivity index is 1.81. The number of benzene rings is 1. The molecule has 0 aromatic heterocycles. The van der Waals surface area contributed by atoms with Crippen LogP contribution >= 0.6 is 0 Å². The maximum absolute atomic E-state index is 11.9. The van der Waals surface area contributed by atoms with Crippen molar-refractivity contribution in [2.24, 2.45) is 0 Å². The molecule has 4 nitrogen and oxygen atoms in total. The van der Waals surface area contributed by atoms with Crippen LogP contribution in [0.5, 0.6) is 0 Å². The van der Waals surface area contributed by atoms with Gasteiger partial charge in [0.1, 0.15) is 0 Å². The molecule has 0 bridgehead atoms. The third-order valence-corrected chi connectivity index (χ3v) is 4.01. The van der Waals surface area contributed by atoms with Crippen molar-refractivity contribution in [3.05, 3.63) is 29.8 Å². The van der Waals surface area contributed by atoms with Gasteiger partial charge in [-0.25, -0.2) is 4.79 Å². The monoisotopic (exact) mass is 289 g/mol. The topological polar surface area (TPSA) is 35.6 Å². The van der Waals surface area contributed by atoms with E-state index in [9.17, 15) is 4.79 Å². The van der Waals surface area contributed by atoms with Gasteiger partial charge in [0.25, 0.3) is 0 Å². The highest BCUT2D eigenvalue weighted by molar-refractivity contribution is 5.73. The zero-order chi connectivity index (χ0) is 15.2. The van der Waals surface area contributed by atoms with Crippen LogP contribution in [0.2, 0.25) is 0 Å². The molecule has 1 saturated heterocycles. The quantitative estimate of drug-likeness (QED) is 0.924. The normalized spacial score (nSPS) is 15.9. The molecule has 0 unspecified atom stereocenters. The standard InChI is InChI=1S/C17H27N3O/c1-4-5-14-6-8-15(9-7-14)18-16-10-12-20(13-11-16)17(21)19(2)3/h6-9,16,18H,4-5,10-13H2,1-3H3. The highest BCUT2D eigenvalue weighted by Gasteiger charge is 2.23.